The molecule has 0 bridgehead atoms. The molecule has 2 N–H and O–H groups in total. The van der Waals surface area contributed by atoms with E-state index >= 15 is 0 Å². The molecule has 22 heavy (non-hydrogen) atoms. The zero-order valence-corrected chi connectivity index (χ0v) is 16.0. The van der Waals surface area contributed by atoms with Gasteiger partial charge in [-0.2, -0.15) is 0 Å². The van der Waals surface area contributed by atoms with Crippen molar-refractivity contribution in [3.8, 4) is 0 Å². The number of nitrogens with one attached hydrogen (secondary N) is 2. The summed E-state index contributed by atoms with van der Waals surface area (Å²) in [6.07, 6.45) is 2.87. The van der Waals surface area contributed by atoms with Gasteiger partial charge in [-0.1, -0.05) is 22.9 Å². The smallest absolute Gasteiger partial charge is 0.220 e. The van der Waals surface area contributed by atoms with Crippen LogP contribution in [0.5, 0.6) is 0 Å². The van der Waals surface area contributed by atoms with Crippen LogP contribution in [0, 0.1) is 5.92 Å². The molecule has 6 heteroatoms. The maximum Gasteiger partial charge on any atom is 0.220 e. The minimum absolute atomic E-state index is 0. The van der Waals surface area contributed by atoms with Crippen molar-refractivity contribution in [2.75, 3.05) is 19.6 Å². The number of benzene rings is 1. The number of amides is 1. The van der Waals surface area contributed by atoms with Crippen LogP contribution in [0.25, 0.3) is 0 Å². The van der Waals surface area contributed by atoms with Crippen molar-refractivity contribution >= 4 is 46.0 Å². The number of carbonyl (C=O) groups is 1. The SMILES string of the molecule is CC(CNC(=O)CCC1CCNC1)Sc1ccc(Br)cc1.Cl. The lowest BCUT2D eigenvalue weighted by atomic mass is 10.0. The Hall–Kier alpha value is -0.230. The molecular weight excluding hydrogens is 384 g/mol. The van der Waals surface area contributed by atoms with Crippen LogP contribution in [0.4, 0.5) is 0 Å². The van der Waals surface area contributed by atoms with E-state index in [9.17, 15) is 4.79 Å². The predicted molar refractivity (Wildman–Crippen MR) is 99.9 cm³/mol. The topological polar surface area (TPSA) is 41.1 Å². The van der Waals surface area contributed by atoms with Crippen LogP contribution in [0.1, 0.15) is 26.2 Å². The Morgan fingerprint density at radius 1 is 1.45 bits per heavy atom. The molecule has 1 heterocycles. The molecule has 2 unspecified atom stereocenters. The Kier molecular flexibility index (Phi) is 9.48. The van der Waals surface area contributed by atoms with Gasteiger partial charge < -0.3 is 10.6 Å². The van der Waals surface area contributed by atoms with E-state index in [2.05, 4.69) is 45.6 Å². The zero-order chi connectivity index (χ0) is 15.1. The van der Waals surface area contributed by atoms with E-state index in [4.69, 9.17) is 0 Å². The average Bonchev–Trinajstić information content (AvgIpc) is 2.99. The summed E-state index contributed by atoms with van der Waals surface area (Å²) < 4.78 is 1.09. The molecule has 0 spiro atoms. The fraction of sp³-hybridized carbons (Fsp3) is 0.562. The van der Waals surface area contributed by atoms with Gasteiger partial charge in [0.05, 0.1) is 0 Å². The first-order valence-electron chi connectivity index (χ1n) is 7.53. The summed E-state index contributed by atoms with van der Waals surface area (Å²) in [4.78, 5) is 13.1. The van der Waals surface area contributed by atoms with Crippen LogP contribution >= 0.6 is 40.1 Å². The standard InChI is InChI=1S/C16H23BrN2OS.ClH/c1-12(21-15-5-3-14(17)4-6-15)10-19-16(20)7-2-13-8-9-18-11-13;/h3-6,12-13,18H,2,7-11H2,1H3,(H,19,20);1H. The van der Waals surface area contributed by atoms with Crippen LogP contribution in [0.2, 0.25) is 0 Å². The van der Waals surface area contributed by atoms with Crippen molar-refractivity contribution in [2.45, 2.75) is 36.3 Å². The minimum Gasteiger partial charge on any atom is -0.355 e. The molecule has 2 rings (SSSR count). The van der Waals surface area contributed by atoms with E-state index < -0.39 is 0 Å². The maximum absolute atomic E-state index is 11.9. The summed E-state index contributed by atoms with van der Waals surface area (Å²) in [6.45, 7) is 5.05. The van der Waals surface area contributed by atoms with Crippen molar-refractivity contribution in [1.29, 1.82) is 0 Å². The monoisotopic (exact) mass is 406 g/mol. The van der Waals surface area contributed by atoms with Crippen molar-refractivity contribution in [3.63, 3.8) is 0 Å². The molecule has 1 aliphatic rings. The molecule has 1 aromatic rings. The van der Waals surface area contributed by atoms with Crippen LogP contribution in [-0.2, 0) is 4.79 Å². The number of rotatable bonds is 7. The van der Waals surface area contributed by atoms with Gasteiger partial charge in [0.15, 0.2) is 0 Å². The Balaban J connectivity index is 0.00000242. The lowest BCUT2D eigenvalue weighted by Crippen LogP contribution is -2.29. The first kappa shape index (κ1) is 19.8. The van der Waals surface area contributed by atoms with Gasteiger partial charge in [0, 0.05) is 27.6 Å². The highest BCUT2D eigenvalue weighted by Gasteiger charge is 2.15. The van der Waals surface area contributed by atoms with Crippen LogP contribution in [-0.4, -0.2) is 30.8 Å². The molecule has 0 radical (unpaired) electrons. The summed E-state index contributed by atoms with van der Waals surface area (Å²) in [5, 5.41) is 6.77. The zero-order valence-electron chi connectivity index (χ0n) is 12.8. The van der Waals surface area contributed by atoms with E-state index in [1.54, 1.807) is 11.8 Å². The summed E-state index contributed by atoms with van der Waals surface area (Å²) in [5.41, 5.74) is 0. The summed E-state index contributed by atoms with van der Waals surface area (Å²) in [7, 11) is 0. The number of hydrogen-bond donors (Lipinski definition) is 2. The number of thioether (sulfide) groups is 1. The Morgan fingerprint density at radius 2 is 2.18 bits per heavy atom. The van der Waals surface area contributed by atoms with Gasteiger partial charge in [0.25, 0.3) is 0 Å². The number of carbonyl (C=O) groups excluding carboxylic acids is 1. The van der Waals surface area contributed by atoms with E-state index in [1.807, 2.05) is 12.1 Å². The van der Waals surface area contributed by atoms with Gasteiger partial charge in [-0.25, -0.2) is 0 Å². The third kappa shape index (κ3) is 7.36. The van der Waals surface area contributed by atoms with Gasteiger partial charge in [-0.3, -0.25) is 4.79 Å². The van der Waals surface area contributed by atoms with Crippen molar-refractivity contribution in [1.82, 2.24) is 10.6 Å². The third-order valence-corrected chi connectivity index (χ3v) is 5.32. The van der Waals surface area contributed by atoms with E-state index in [1.165, 1.54) is 11.3 Å². The van der Waals surface area contributed by atoms with E-state index in [0.29, 0.717) is 17.6 Å². The molecule has 1 amide bonds. The lowest BCUT2D eigenvalue weighted by Gasteiger charge is -2.13. The van der Waals surface area contributed by atoms with Crippen LogP contribution in [0.3, 0.4) is 0 Å². The summed E-state index contributed by atoms with van der Waals surface area (Å²) in [6, 6.07) is 8.28. The third-order valence-electron chi connectivity index (χ3n) is 3.68. The second kappa shape index (κ2) is 10.5. The molecule has 2 atom stereocenters. The molecule has 1 aromatic carbocycles. The fourth-order valence-electron chi connectivity index (χ4n) is 2.43. The van der Waals surface area contributed by atoms with Crippen molar-refractivity contribution < 1.29 is 4.79 Å². The van der Waals surface area contributed by atoms with Gasteiger partial charge >= 0.3 is 0 Å². The van der Waals surface area contributed by atoms with Crippen LogP contribution < -0.4 is 10.6 Å². The first-order valence-corrected chi connectivity index (χ1v) is 9.20. The highest BCUT2D eigenvalue weighted by Crippen LogP contribution is 2.24. The summed E-state index contributed by atoms with van der Waals surface area (Å²) in [5.74, 6) is 0.871. The molecule has 0 aromatic heterocycles. The Morgan fingerprint density at radius 3 is 2.82 bits per heavy atom. The van der Waals surface area contributed by atoms with Crippen molar-refractivity contribution in [3.05, 3.63) is 28.7 Å². The second-order valence-corrected chi connectivity index (χ2v) is 8.01. The number of halogens is 2. The lowest BCUT2D eigenvalue weighted by molar-refractivity contribution is -0.121. The Labute approximate surface area is 151 Å². The normalized spacial score (nSPS) is 18.5. The molecule has 0 saturated carbocycles. The minimum atomic E-state index is 0. The largest absolute Gasteiger partial charge is 0.355 e. The van der Waals surface area contributed by atoms with Gasteiger partial charge in [-0.05, 0) is 56.1 Å². The molecular formula is C16H24BrClN2OS. The second-order valence-electron chi connectivity index (χ2n) is 5.58. The Bertz CT molecular complexity index is 452. The highest BCUT2D eigenvalue weighted by atomic mass is 79.9. The quantitative estimate of drug-likeness (QED) is 0.674. The van der Waals surface area contributed by atoms with E-state index in [0.717, 1.165) is 30.5 Å². The molecule has 3 nitrogen and oxygen atoms in total. The van der Waals surface area contributed by atoms with Gasteiger partial charge in [0.2, 0.25) is 5.91 Å². The van der Waals surface area contributed by atoms with E-state index in [-0.39, 0.29) is 18.3 Å². The number of hydrogen-bond acceptors (Lipinski definition) is 3. The molecule has 1 aliphatic heterocycles. The highest BCUT2D eigenvalue weighted by molar-refractivity contribution is 9.10. The van der Waals surface area contributed by atoms with Crippen molar-refractivity contribution in [2.24, 2.45) is 5.92 Å². The van der Waals surface area contributed by atoms with Crippen LogP contribution in [0.15, 0.2) is 33.6 Å². The fourth-order valence-corrected chi connectivity index (χ4v) is 3.62. The average molecular weight is 408 g/mol. The molecule has 1 saturated heterocycles. The maximum atomic E-state index is 11.9. The molecule has 1 fully saturated rings. The first-order chi connectivity index (χ1) is 10.1. The molecule has 124 valence electrons. The van der Waals surface area contributed by atoms with Gasteiger partial charge in [0.1, 0.15) is 0 Å². The van der Waals surface area contributed by atoms with Gasteiger partial charge in [-0.15, -0.1) is 24.2 Å². The predicted octanol–water partition coefficient (Wildman–Crippen LogP) is 3.86. The molecule has 0 aliphatic carbocycles. The summed E-state index contributed by atoms with van der Waals surface area (Å²) >= 11 is 5.23.